The fourth-order valence-electron chi connectivity index (χ4n) is 2.84. The smallest absolute Gasteiger partial charge is 0.261 e. The largest absolute Gasteiger partial charge is 0.444 e. The number of hydrogen-bond donors (Lipinski definition) is 1. The summed E-state index contributed by atoms with van der Waals surface area (Å²) in [4.78, 5) is 20.0. The Labute approximate surface area is 142 Å². The first-order chi connectivity index (χ1) is 11.6. The maximum atomic E-state index is 12.7. The first kappa shape index (κ1) is 14.7. The zero-order valence-electron chi connectivity index (χ0n) is 12.8. The normalized spacial score (nSPS) is 11.1. The highest BCUT2D eigenvalue weighted by Gasteiger charge is 2.20. The topological polar surface area (TPSA) is 58.9 Å². The quantitative estimate of drug-likeness (QED) is 0.571. The van der Waals surface area contributed by atoms with Gasteiger partial charge in [-0.1, -0.05) is 41.9 Å². The summed E-state index contributed by atoms with van der Waals surface area (Å²) in [6.07, 6.45) is 1.53. The number of halogens is 1. The van der Waals surface area contributed by atoms with Gasteiger partial charge >= 0.3 is 0 Å². The van der Waals surface area contributed by atoms with E-state index in [9.17, 15) is 4.79 Å². The van der Waals surface area contributed by atoms with Crippen molar-refractivity contribution >= 4 is 22.5 Å². The predicted molar refractivity (Wildman–Crippen MR) is 95.2 cm³/mol. The summed E-state index contributed by atoms with van der Waals surface area (Å²) in [5.74, 6) is 0.300. The molecule has 5 heteroatoms. The standard InChI is InChI=1S/C19H13ClN2O2/c1-11-10-24-19(21-11)17-16(12-5-3-2-4-6-12)14-9-13(20)7-8-15(14)22-18(17)23/h2-10H,1H3,(H,22,23). The molecule has 0 fully saturated rings. The molecule has 0 aliphatic rings. The molecule has 0 spiro atoms. The van der Waals surface area contributed by atoms with E-state index in [0.29, 0.717) is 16.5 Å². The summed E-state index contributed by atoms with van der Waals surface area (Å²) in [6, 6.07) is 15.1. The van der Waals surface area contributed by atoms with Gasteiger partial charge in [0.05, 0.1) is 5.69 Å². The minimum Gasteiger partial charge on any atom is -0.444 e. The number of aromatic amines is 1. The number of aromatic nitrogens is 2. The Morgan fingerprint density at radius 3 is 2.58 bits per heavy atom. The number of hydrogen-bond acceptors (Lipinski definition) is 3. The van der Waals surface area contributed by atoms with Crippen molar-refractivity contribution in [2.45, 2.75) is 6.92 Å². The summed E-state index contributed by atoms with van der Waals surface area (Å²) in [6.45, 7) is 1.82. The molecule has 0 aliphatic heterocycles. The number of aryl methyl sites for hydroxylation is 1. The number of nitrogens with zero attached hydrogens (tertiary/aromatic N) is 1. The van der Waals surface area contributed by atoms with Crippen molar-refractivity contribution in [3.8, 4) is 22.6 Å². The summed E-state index contributed by atoms with van der Waals surface area (Å²) < 4.78 is 5.51. The molecule has 0 aliphatic carbocycles. The average molecular weight is 337 g/mol. The molecule has 0 unspecified atom stereocenters. The zero-order valence-corrected chi connectivity index (χ0v) is 13.6. The van der Waals surface area contributed by atoms with Crippen LogP contribution in [0.5, 0.6) is 0 Å². The molecule has 4 aromatic rings. The van der Waals surface area contributed by atoms with Gasteiger partial charge < -0.3 is 9.40 Å². The van der Waals surface area contributed by atoms with E-state index in [-0.39, 0.29) is 5.56 Å². The van der Waals surface area contributed by atoms with Crippen LogP contribution in [0.1, 0.15) is 5.69 Å². The highest BCUT2D eigenvalue weighted by atomic mass is 35.5. The van der Waals surface area contributed by atoms with Gasteiger partial charge in [-0.05, 0) is 30.7 Å². The average Bonchev–Trinajstić information content (AvgIpc) is 3.01. The molecule has 0 amide bonds. The first-order valence-corrected chi connectivity index (χ1v) is 7.85. The summed E-state index contributed by atoms with van der Waals surface area (Å²) in [7, 11) is 0. The van der Waals surface area contributed by atoms with Crippen LogP contribution in [0.2, 0.25) is 5.02 Å². The van der Waals surface area contributed by atoms with E-state index in [1.165, 1.54) is 6.26 Å². The fraction of sp³-hybridized carbons (Fsp3) is 0.0526. The lowest BCUT2D eigenvalue weighted by molar-refractivity contribution is 0.573. The molecule has 2 aromatic heterocycles. The van der Waals surface area contributed by atoms with Crippen molar-refractivity contribution in [1.82, 2.24) is 9.97 Å². The Morgan fingerprint density at radius 2 is 1.88 bits per heavy atom. The fourth-order valence-corrected chi connectivity index (χ4v) is 3.01. The highest BCUT2D eigenvalue weighted by molar-refractivity contribution is 6.31. The van der Waals surface area contributed by atoms with E-state index >= 15 is 0 Å². The van der Waals surface area contributed by atoms with Crippen molar-refractivity contribution in [2.75, 3.05) is 0 Å². The predicted octanol–water partition coefficient (Wildman–Crippen LogP) is 4.81. The molecule has 118 valence electrons. The van der Waals surface area contributed by atoms with Gasteiger partial charge in [-0.25, -0.2) is 4.98 Å². The Balaban J connectivity index is 2.18. The number of H-pyrrole nitrogens is 1. The molecule has 0 saturated carbocycles. The lowest BCUT2D eigenvalue weighted by atomic mass is 9.96. The van der Waals surface area contributed by atoms with Crippen LogP contribution < -0.4 is 5.56 Å². The molecule has 4 rings (SSSR count). The van der Waals surface area contributed by atoms with Crippen molar-refractivity contribution < 1.29 is 4.42 Å². The van der Waals surface area contributed by atoms with Gasteiger partial charge in [-0.2, -0.15) is 0 Å². The number of oxazole rings is 1. The van der Waals surface area contributed by atoms with Crippen molar-refractivity contribution in [3.63, 3.8) is 0 Å². The monoisotopic (exact) mass is 336 g/mol. The van der Waals surface area contributed by atoms with E-state index in [0.717, 1.165) is 27.7 Å². The SMILES string of the molecule is Cc1coc(-c2c(-c3ccccc3)c3cc(Cl)ccc3[nH]c2=O)n1. The second kappa shape index (κ2) is 5.65. The molecule has 2 heterocycles. The third-order valence-electron chi connectivity index (χ3n) is 3.87. The van der Waals surface area contributed by atoms with Crippen LogP contribution in [0.4, 0.5) is 0 Å². The molecular weight excluding hydrogens is 324 g/mol. The van der Waals surface area contributed by atoms with E-state index in [2.05, 4.69) is 9.97 Å². The Bertz CT molecular complexity index is 1100. The summed E-state index contributed by atoms with van der Waals surface area (Å²) in [5, 5.41) is 1.44. The second-order valence-electron chi connectivity index (χ2n) is 5.55. The maximum absolute atomic E-state index is 12.7. The van der Waals surface area contributed by atoms with E-state index in [4.69, 9.17) is 16.0 Å². The van der Waals surface area contributed by atoms with Crippen molar-refractivity contribution in [1.29, 1.82) is 0 Å². The van der Waals surface area contributed by atoms with E-state index < -0.39 is 0 Å². The molecule has 1 N–H and O–H groups in total. The second-order valence-corrected chi connectivity index (χ2v) is 5.99. The van der Waals surface area contributed by atoms with Gasteiger partial charge in [0.1, 0.15) is 11.8 Å². The van der Waals surface area contributed by atoms with Crippen LogP contribution in [0.25, 0.3) is 33.5 Å². The maximum Gasteiger partial charge on any atom is 0.261 e. The van der Waals surface area contributed by atoms with Gasteiger partial charge in [0.15, 0.2) is 0 Å². The molecule has 0 radical (unpaired) electrons. The highest BCUT2D eigenvalue weighted by Crippen LogP contribution is 2.35. The van der Waals surface area contributed by atoms with Gasteiger partial charge in [-0.15, -0.1) is 0 Å². The van der Waals surface area contributed by atoms with Crippen LogP contribution in [0, 0.1) is 6.92 Å². The van der Waals surface area contributed by atoms with Crippen LogP contribution in [0.15, 0.2) is 64.0 Å². The van der Waals surface area contributed by atoms with Crippen molar-refractivity contribution in [3.05, 3.63) is 75.9 Å². The first-order valence-electron chi connectivity index (χ1n) is 7.47. The van der Waals surface area contributed by atoms with E-state index in [1.54, 1.807) is 12.1 Å². The molecular formula is C19H13ClN2O2. The molecule has 4 nitrogen and oxygen atoms in total. The van der Waals surface area contributed by atoms with E-state index in [1.807, 2.05) is 43.3 Å². The summed E-state index contributed by atoms with van der Waals surface area (Å²) >= 11 is 6.19. The molecule has 0 bridgehead atoms. The number of rotatable bonds is 2. The molecule has 24 heavy (non-hydrogen) atoms. The summed E-state index contributed by atoms with van der Waals surface area (Å²) in [5.41, 5.74) is 3.26. The van der Waals surface area contributed by atoms with Crippen LogP contribution >= 0.6 is 11.6 Å². The van der Waals surface area contributed by atoms with Crippen molar-refractivity contribution in [2.24, 2.45) is 0 Å². The number of nitrogens with one attached hydrogen (secondary N) is 1. The lowest BCUT2D eigenvalue weighted by Gasteiger charge is -2.11. The minimum atomic E-state index is -0.245. The third kappa shape index (κ3) is 2.41. The van der Waals surface area contributed by atoms with Gasteiger partial charge in [0, 0.05) is 21.5 Å². The van der Waals surface area contributed by atoms with Gasteiger partial charge in [-0.3, -0.25) is 4.79 Å². The Morgan fingerprint density at radius 1 is 1.08 bits per heavy atom. The lowest BCUT2D eigenvalue weighted by Crippen LogP contribution is -2.11. The van der Waals surface area contributed by atoms with Gasteiger partial charge in [0.2, 0.25) is 5.89 Å². The number of pyridine rings is 1. The number of benzene rings is 2. The zero-order chi connectivity index (χ0) is 16.7. The Hall–Kier alpha value is -2.85. The molecule has 2 aromatic carbocycles. The number of fused-ring (bicyclic) bond motifs is 1. The van der Waals surface area contributed by atoms with Crippen LogP contribution in [0.3, 0.4) is 0 Å². The van der Waals surface area contributed by atoms with Crippen LogP contribution in [-0.4, -0.2) is 9.97 Å². The minimum absolute atomic E-state index is 0.245. The Kier molecular flexibility index (Phi) is 3.47. The van der Waals surface area contributed by atoms with Crippen LogP contribution in [-0.2, 0) is 0 Å². The molecule has 0 atom stereocenters. The molecule has 0 saturated heterocycles. The third-order valence-corrected chi connectivity index (χ3v) is 4.11. The van der Waals surface area contributed by atoms with Gasteiger partial charge in [0.25, 0.3) is 5.56 Å².